The van der Waals surface area contributed by atoms with Gasteiger partial charge < -0.3 is 9.80 Å². The fourth-order valence-corrected chi connectivity index (χ4v) is 5.14. The molecule has 2 heterocycles. The fourth-order valence-electron chi connectivity index (χ4n) is 5.14. The average Bonchev–Trinajstić information content (AvgIpc) is 3.04. The van der Waals surface area contributed by atoms with Crippen LogP contribution in [-0.2, 0) is 4.79 Å². The first-order valence-electron chi connectivity index (χ1n) is 11.4. The first-order chi connectivity index (χ1) is 14.9. The molecule has 31 heavy (non-hydrogen) atoms. The predicted molar refractivity (Wildman–Crippen MR) is 122 cm³/mol. The number of nitrogens with one attached hydrogen (secondary N) is 1. The number of carbonyl (C=O) groups excluding carboxylic acids is 2. The number of nitrogens with zero attached hydrogens (tertiary/aromatic N) is 2. The van der Waals surface area contributed by atoms with Crippen molar-refractivity contribution in [1.29, 1.82) is 0 Å². The number of carbonyl (C=O) groups is 2. The van der Waals surface area contributed by atoms with E-state index in [9.17, 15) is 9.59 Å². The zero-order valence-corrected chi connectivity index (χ0v) is 18.8. The molecular weight excluding hydrogens is 386 g/mol. The van der Waals surface area contributed by atoms with Gasteiger partial charge in [-0.1, -0.05) is 62.4 Å². The molecule has 1 spiro atoms. The van der Waals surface area contributed by atoms with E-state index in [-0.39, 0.29) is 23.9 Å². The van der Waals surface area contributed by atoms with E-state index < -0.39 is 5.66 Å². The molecule has 2 aromatic carbocycles. The quantitative estimate of drug-likeness (QED) is 0.789. The second-order valence-corrected chi connectivity index (χ2v) is 9.31. The van der Waals surface area contributed by atoms with Crippen LogP contribution in [0.2, 0.25) is 0 Å². The van der Waals surface area contributed by atoms with Crippen LogP contribution in [0.1, 0.15) is 62.0 Å². The van der Waals surface area contributed by atoms with Crippen molar-refractivity contribution in [2.45, 2.75) is 57.8 Å². The second-order valence-electron chi connectivity index (χ2n) is 9.31. The number of hydrogen-bond donors (Lipinski definition) is 1. The zero-order valence-electron chi connectivity index (χ0n) is 18.8. The highest BCUT2D eigenvalue weighted by molar-refractivity contribution is 5.94. The minimum Gasteiger partial charge on any atom is -0.338 e. The Labute approximate surface area is 185 Å². The van der Waals surface area contributed by atoms with Crippen molar-refractivity contribution in [3.05, 3.63) is 71.8 Å². The van der Waals surface area contributed by atoms with Crippen LogP contribution >= 0.6 is 0 Å². The van der Waals surface area contributed by atoms with Crippen LogP contribution < -0.4 is 5.32 Å². The summed E-state index contributed by atoms with van der Waals surface area (Å²) < 4.78 is 0. The van der Waals surface area contributed by atoms with Crippen molar-refractivity contribution >= 4 is 11.8 Å². The zero-order chi connectivity index (χ0) is 22.0. The molecule has 2 fully saturated rings. The second kappa shape index (κ2) is 8.83. The number of piperidine rings is 1. The normalized spacial score (nSPS) is 21.7. The van der Waals surface area contributed by atoms with Crippen LogP contribution in [0.3, 0.4) is 0 Å². The summed E-state index contributed by atoms with van der Waals surface area (Å²) in [7, 11) is 0. The van der Waals surface area contributed by atoms with Gasteiger partial charge in [-0.15, -0.1) is 0 Å². The van der Waals surface area contributed by atoms with Crippen LogP contribution in [-0.4, -0.2) is 46.4 Å². The van der Waals surface area contributed by atoms with Crippen molar-refractivity contribution in [3.8, 4) is 0 Å². The predicted octanol–water partition coefficient (Wildman–Crippen LogP) is 4.23. The Morgan fingerprint density at radius 1 is 1.00 bits per heavy atom. The smallest absolute Gasteiger partial charge is 0.253 e. The average molecular weight is 420 g/mol. The van der Waals surface area contributed by atoms with Gasteiger partial charge in [0, 0.05) is 31.5 Å². The third-order valence-electron chi connectivity index (χ3n) is 6.71. The highest BCUT2D eigenvalue weighted by atomic mass is 16.2. The maximum absolute atomic E-state index is 13.5. The molecule has 2 atom stereocenters. The first kappa shape index (κ1) is 21.6. The van der Waals surface area contributed by atoms with Gasteiger partial charge in [-0.2, -0.15) is 0 Å². The Kier molecular flexibility index (Phi) is 6.15. The number of rotatable bonds is 5. The lowest BCUT2D eigenvalue weighted by Gasteiger charge is -2.47. The van der Waals surface area contributed by atoms with E-state index in [1.165, 1.54) is 0 Å². The first-order valence-corrected chi connectivity index (χ1v) is 11.4. The molecule has 0 radical (unpaired) electrons. The molecule has 2 aliphatic heterocycles. The molecule has 2 aliphatic rings. The number of amides is 2. The number of benzene rings is 2. The summed E-state index contributed by atoms with van der Waals surface area (Å²) in [4.78, 5) is 30.5. The van der Waals surface area contributed by atoms with Gasteiger partial charge in [-0.05, 0) is 37.0 Å². The maximum atomic E-state index is 13.5. The molecule has 0 aromatic heterocycles. The summed E-state index contributed by atoms with van der Waals surface area (Å²) in [5.74, 6) is 0.694. The van der Waals surface area contributed by atoms with Crippen molar-refractivity contribution in [1.82, 2.24) is 15.1 Å². The lowest BCUT2D eigenvalue weighted by Crippen LogP contribution is -2.60. The van der Waals surface area contributed by atoms with Crippen LogP contribution in [0.4, 0.5) is 0 Å². The van der Waals surface area contributed by atoms with Gasteiger partial charge in [0.25, 0.3) is 5.91 Å². The molecule has 5 heteroatoms. The fraction of sp³-hybridized carbons (Fsp3) is 0.462. The van der Waals surface area contributed by atoms with Gasteiger partial charge in [0.1, 0.15) is 0 Å². The van der Waals surface area contributed by atoms with Crippen LogP contribution in [0.25, 0.3) is 0 Å². The molecule has 1 N–H and O–H groups in total. The van der Waals surface area contributed by atoms with E-state index in [1.54, 1.807) is 0 Å². The molecule has 2 amide bonds. The van der Waals surface area contributed by atoms with E-state index in [4.69, 9.17) is 0 Å². The van der Waals surface area contributed by atoms with Crippen molar-refractivity contribution < 1.29 is 9.59 Å². The van der Waals surface area contributed by atoms with E-state index in [2.05, 4.69) is 43.1 Å². The summed E-state index contributed by atoms with van der Waals surface area (Å²) in [6.07, 6.45) is 2.30. The van der Waals surface area contributed by atoms with Gasteiger partial charge in [-0.25, -0.2) is 0 Å². The van der Waals surface area contributed by atoms with Crippen LogP contribution in [0.5, 0.6) is 0 Å². The van der Waals surface area contributed by atoms with Crippen LogP contribution in [0.15, 0.2) is 60.7 Å². The summed E-state index contributed by atoms with van der Waals surface area (Å²) in [6.45, 7) is 7.72. The lowest BCUT2D eigenvalue weighted by molar-refractivity contribution is -0.136. The molecule has 0 aliphatic carbocycles. The van der Waals surface area contributed by atoms with Crippen LogP contribution in [0, 0.1) is 5.92 Å². The van der Waals surface area contributed by atoms with E-state index in [0.29, 0.717) is 19.0 Å². The highest BCUT2D eigenvalue weighted by Gasteiger charge is 2.53. The van der Waals surface area contributed by atoms with Gasteiger partial charge >= 0.3 is 0 Å². The largest absolute Gasteiger partial charge is 0.338 e. The Hall–Kier alpha value is -2.66. The SMILES string of the molecule is CC(C)C[C@H]1NC2(CCN(C(=O)c3ccccc3)CC2)N([C@H](C)c2ccccc2)C1=O. The van der Waals surface area contributed by atoms with Gasteiger partial charge in [0.05, 0.1) is 17.7 Å². The molecular formula is C26H33N3O2. The van der Waals surface area contributed by atoms with Gasteiger partial charge in [0.2, 0.25) is 5.91 Å². The van der Waals surface area contributed by atoms with Crippen molar-refractivity contribution in [2.75, 3.05) is 13.1 Å². The maximum Gasteiger partial charge on any atom is 0.253 e. The molecule has 0 unspecified atom stereocenters. The Morgan fingerprint density at radius 2 is 1.58 bits per heavy atom. The summed E-state index contributed by atoms with van der Waals surface area (Å²) in [5.41, 5.74) is 1.46. The monoisotopic (exact) mass is 419 g/mol. The summed E-state index contributed by atoms with van der Waals surface area (Å²) >= 11 is 0. The van der Waals surface area contributed by atoms with E-state index >= 15 is 0 Å². The highest BCUT2D eigenvalue weighted by Crippen LogP contribution is 2.40. The van der Waals surface area contributed by atoms with Gasteiger partial charge in [-0.3, -0.25) is 14.9 Å². The third-order valence-corrected chi connectivity index (χ3v) is 6.71. The Balaban J connectivity index is 1.57. The minimum atomic E-state index is -0.403. The minimum absolute atomic E-state index is 0.0188. The third kappa shape index (κ3) is 4.24. The molecule has 4 rings (SSSR count). The lowest BCUT2D eigenvalue weighted by atomic mass is 9.92. The van der Waals surface area contributed by atoms with E-state index in [0.717, 1.165) is 30.4 Å². The van der Waals surface area contributed by atoms with E-state index in [1.807, 2.05) is 53.4 Å². The molecule has 2 aromatic rings. The number of likely N-dealkylation sites (tertiary alicyclic amines) is 1. The molecule has 0 saturated carbocycles. The van der Waals surface area contributed by atoms with Gasteiger partial charge in [0.15, 0.2) is 0 Å². The Morgan fingerprint density at radius 3 is 2.16 bits per heavy atom. The van der Waals surface area contributed by atoms with Crippen molar-refractivity contribution in [3.63, 3.8) is 0 Å². The molecule has 0 bridgehead atoms. The topological polar surface area (TPSA) is 52.7 Å². The molecule has 2 saturated heterocycles. The summed E-state index contributed by atoms with van der Waals surface area (Å²) in [6, 6.07) is 19.5. The number of hydrogen-bond acceptors (Lipinski definition) is 3. The Bertz CT molecular complexity index is 905. The molecule has 164 valence electrons. The standard InChI is InChI=1S/C26H33N3O2/c1-19(2)18-23-25(31)29(20(3)21-10-6-4-7-11-21)26(27-23)14-16-28(17-15-26)24(30)22-12-8-5-9-13-22/h4-13,19-20,23,27H,14-18H2,1-3H3/t20-,23-/m1/s1. The summed E-state index contributed by atoms with van der Waals surface area (Å²) in [5, 5.41) is 3.73. The van der Waals surface area contributed by atoms with Crippen molar-refractivity contribution in [2.24, 2.45) is 5.92 Å². The molecule has 5 nitrogen and oxygen atoms in total.